The number of nitrogens with zero attached hydrogens (tertiary/aromatic N) is 1. The van der Waals surface area contributed by atoms with Crippen LogP contribution < -0.4 is 0 Å². The highest BCUT2D eigenvalue weighted by Gasteiger charge is 2.32. The Kier molecular flexibility index (Phi) is 6.91. The van der Waals surface area contributed by atoms with Crippen molar-refractivity contribution in [3.63, 3.8) is 0 Å². The second-order valence-electron chi connectivity index (χ2n) is 6.24. The van der Waals surface area contributed by atoms with Crippen molar-refractivity contribution in [2.24, 2.45) is 4.99 Å². The zero-order chi connectivity index (χ0) is 13.4. The maximum Gasteiger partial charge on any atom is 0.105 e. The second-order valence-corrected chi connectivity index (χ2v) is 11.2. The Morgan fingerprint density at radius 2 is 1.67 bits per heavy atom. The third-order valence-corrected chi connectivity index (χ3v) is 8.85. The minimum absolute atomic E-state index is 0.712. The van der Waals surface area contributed by atoms with Crippen LogP contribution in [-0.4, -0.2) is 20.0 Å². The summed E-state index contributed by atoms with van der Waals surface area (Å²) in [6.45, 7) is 10.6. The molecule has 18 heavy (non-hydrogen) atoms. The number of hydrogen-bond donors (Lipinski definition) is 0. The summed E-state index contributed by atoms with van der Waals surface area (Å²) < 4.78 is 0. The molecule has 0 amide bonds. The van der Waals surface area contributed by atoms with Gasteiger partial charge in [-0.1, -0.05) is 57.9 Å². The van der Waals surface area contributed by atoms with Gasteiger partial charge < -0.3 is 0 Å². The standard InChI is InChI=1S/C16H31NSi/c1-5-12-15(2)18(3,4)16-13-10-8-6-7-9-11-14-17-16/h5,12,15H,6-11,13-14H2,1-4H3/b12-5+,17-16?. The Bertz CT molecular complexity index is 291. The summed E-state index contributed by atoms with van der Waals surface area (Å²) in [6, 6.07) is 0. The summed E-state index contributed by atoms with van der Waals surface area (Å²) in [5.74, 6) is 0. The summed E-state index contributed by atoms with van der Waals surface area (Å²) in [6.07, 6.45) is 14.1. The lowest BCUT2D eigenvalue weighted by Gasteiger charge is -2.30. The van der Waals surface area contributed by atoms with Crippen molar-refractivity contribution < 1.29 is 0 Å². The minimum atomic E-state index is -1.36. The topological polar surface area (TPSA) is 12.4 Å². The molecule has 104 valence electrons. The predicted molar refractivity (Wildman–Crippen MR) is 86.3 cm³/mol. The van der Waals surface area contributed by atoms with Crippen molar-refractivity contribution in [1.82, 2.24) is 0 Å². The summed E-state index contributed by atoms with van der Waals surface area (Å²) >= 11 is 0. The molecule has 0 fully saturated rings. The van der Waals surface area contributed by atoms with Crippen LogP contribution in [0.5, 0.6) is 0 Å². The predicted octanol–water partition coefficient (Wildman–Crippen LogP) is 5.39. The van der Waals surface area contributed by atoms with Crippen molar-refractivity contribution in [1.29, 1.82) is 0 Å². The Morgan fingerprint density at radius 3 is 2.33 bits per heavy atom. The molecule has 0 saturated carbocycles. The van der Waals surface area contributed by atoms with Gasteiger partial charge in [0.15, 0.2) is 0 Å². The highest BCUT2D eigenvalue weighted by atomic mass is 28.3. The monoisotopic (exact) mass is 265 g/mol. The van der Waals surface area contributed by atoms with Crippen LogP contribution in [0.4, 0.5) is 0 Å². The average molecular weight is 266 g/mol. The van der Waals surface area contributed by atoms with E-state index in [2.05, 4.69) is 39.1 Å². The normalized spacial score (nSPS) is 21.7. The van der Waals surface area contributed by atoms with Gasteiger partial charge in [-0.2, -0.15) is 0 Å². The minimum Gasteiger partial charge on any atom is -0.299 e. The first-order chi connectivity index (χ1) is 8.59. The van der Waals surface area contributed by atoms with Gasteiger partial charge >= 0.3 is 0 Å². The second kappa shape index (κ2) is 7.93. The third-order valence-electron chi connectivity index (χ3n) is 4.49. The fourth-order valence-corrected chi connectivity index (χ4v) is 5.26. The van der Waals surface area contributed by atoms with Crippen LogP contribution in [0.15, 0.2) is 17.1 Å². The molecule has 1 aliphatic rings. The van der Waals surface area contributed by atoms with Crippen molar-refractivity contribution in [3.8, 4) is 0 Å². The molecule has 1 rings (SSSR count). The third kappa shape index (κ3) is 4.72. The van der Waals surface area contributed by atoms with Gasteiger partial charge in [0, 0.05) is 6.54 Å². The van der Waals surface area contributed by atoms with Crippen LogP contribution in [0.3, 0.4) is 0 Å². The molecule has 0 radical (unpaired) electrons. The van der Waals surface area contributed by atoms with Crippen LogP contribution in [0, 0.1) is 0 Å². The molecule has 0 aromatic heterocycles. The molecule has 2 heteroatoms. The number of aliphatic imine (C=N–C) groups is 1. The number of allylic oxidation sites excluding steroid dienone is 2. The zero-order valence-corrected chi connectivity index (χ0v) is 13.8. The first-order valence-electron chi connectivity index (χ1n) is 7.75. The van der Waals surface area contributed by atoms with Crippen molar-refractivity contribution in [2.75, 3.05) is 6.54 Å². The molecule has 0 bridgehead atoms. The molecule has 1 aliphatic heterocycles. The van der Waals surface area contributed by atoms with E-state index in [1.807, 2.05) is 0 Å². The summed E-state index contributed by atoms with van der Waals surface area (Å²) in [7, 11) is -1.36. The molecule has 0 aliphatic carbocycles. The van der Waals surface area contributed by atoms with Crippen LogP contribution in [0.25, 0.3) is 0 Å². The van der Waals surface area contributed by atoms with Crippen LogP contribution in [0.2, 0.25) is 18.6 Å². The van der Waals surface area contributed by atoms with E-state index in [1.54, 1.807) is 5.33 Å². The van der Waals surface area contributed by atoms with E-state index in [9.17, 15) is 0 Å². The van der Waals surface area contributed by atoms with Crippen LogP contribution >= 0.6 is 0 Å². The lowest BCUT2D eigenvalue weighted by Crippen LogP contribution is -2.41. The molecule has 1 nitrogen and oxygen atoms in total. The van der Waals surface area contributed by atoms with Gasteiger partial charge in [-0.15, -0.1) is 0 Å². The van der Waals surface area contributed by atoms with Gasteiger partial charge in [0.05, 0.1) is 0 Å². The van der Waals surface area contributed by atoms with Gasteiger partial charge in [-0.05, 0) is 37.1 Å². The first-order valence-corrected chi connectivity index (χ1v) is 10.8. The molecular formula is C16H31NSi. The Balaban J connectivity index is 2.76. The lowest BCUT2D eigenvalue weighted by molar-refractivity contribution is 0.597. The van der Waals surface area contributed by atoms with Gasteiger partial charge in [0.2, 0.25) is 0 Å². The van der Waals surface area contributed by atoms with E-state index in [4.69, 9.17) is 4.99 Å². The smallest absolute Gasteiger partial charge is 0.105 e. The van der Waals surface area contributed by atoms with Crippen molar-refractivity contribution in [2.45, 2.75) is 77.4 Å². The average Bonchev–Trinajstić information content (AvgIpc) is 2.36. The van der Waals surface area contributed by atoms with E-state index in [0.29, 0.717) is 5.54 Å². The molecule has 1 atom stereocenters. The molecular weight excluding hydrogens is 234 g/mol. The van der Waals surface area contributed by atoms with Gasteiger partial charge in [-0.25, -0.2) is 0 Å². The summed E-state index contributed by atoms with van der Waals surface area (Å²) in [5.41, 5.74) is 0.712. The summed E-state index contributed by atoms with van der Waals surface area (Å²) in [5, 5.41) is 1.59. The Labute approximate surface area is 115 Å². The maximum absolute atomic E-state index is 5.00. The van der Waals surface area contributed by atoms with E-state index >= 15 is 0 Å². The van der Waals surface area contributed by atoms with Crippen LogP contribution in [-0.2, 0) is 0 Å². The molecule has 0 aromatic carbocycles. The maximum atomic E-state index is 5.00. The lowest BCUT2D eigenvalue weighted by atomic mass is 10.1. The largest absolute Gasteiger partial charge is 0.299 e. The SMILES string of the molecule is C/C=C/C(C)[Si](C)(C)C1=NCCCCCCCC1. The Hall–Kier alpha value is -0.373. The Morgan fingerprint density at radius 1 is 1.06 bits per heavy atom. The zero-order valence-electron chi connectivity index (χ0n) is 12.8. The van der Waals surface area contributed by atoms with Crippen molar-refractivity contribution >= 4 is 13.4 Å². The molecule has 1 unspecified atom stereocenters. The molecule has 0 saturated heterocycles. The molecule has 0 N–H and O–H groups in total. The van der Waals surface area contributed by atoms with Crippen LogP contribution in [0.1, 0.15) is 58.8 Å². The van der Waals surface area contributed by atoms with E-state index in [1.165, 1.54) is 44.9 Å². The first kappa shape index (κ1) is 15.7. The van der Waals surface area contributed by atoms with Gasteiger partial charge in [0.25, 0.3) is 0 Å². The number of hydrogen-bond acceptors (Lipinski definition) is 1. The quantitative estimate of drug-likeness (QED) is 0.479. The molecule has 0 aromatic rings. The highest BCUT2D eigenvalue weighted by molar-refractivity contribution is 7.06. The number of rotatable bonds is 3. The molecule has 1 heterocycles. The van der Waals surface area contributed by atoms with E-state index < -0.39 is 8.07 Å². The fourth-order valence-electron chi connectivity index (χ4n) is 2.72. The fraction of sp³-hybridized carbons (Fsp3) is 0.812. The van der Waals surface area contributed by atoms with Gasteiger partial charge in [-0.3, -0.25) is 4.99 Å². The van der Waals surface area contributed by atoms with Gasteiger partial charge in [0.1, 0.15) is 8.07 Å². The summed E-state index contributed by atoms with van der Waals surface area (Å²) in [4.78, 5) is 5.00. The van der Waals surface area contributed by atoms with E-state index in [-0.39, 0.29) is 0 Å². The van der Waals surface area contributed by atoms with Crippen molar-refractivity contribution in [3.05, 3.63) is 12.2 Å². The van der Waals surface area contributed by atoms with E-state index in [0.717, 1.165) is 6.54 Å². The molecule has 0 spiro atoms. The highest BCUT2D eigenvalue weighted by Crippen LogP contribution is 2.27.